The van der Waals surface area contributed by atoms with Crippen LogP contribution in [0, 0.1) is 0 Å². The lowest BCUT2D eigenvalue weighted by Crippen LogP contribution is -2.48. The second-order valence-corrected chi connectivity index (χ2v) is 7.79. The Morgan fingerprint density at radius 1 is 1.00 bits per heavy atom. The van der Waals surface area contributed by atoms with E-state index in [4.69, 9.17) is 9.47 Å². The van der Waals surface area contributed by atoms with Crippen LogP contribution in [0.2, 0.25) is 0 Å². The van der Waals surface area contributed by atoms with Crippen LogP contribution < -0.4 is 0 Å². The third kappa shape index (κ3) is 5.37. The minimum Gasteiger partial charge on any atom is -0.444 e. The van der Waals surface area contributed by atoms with E-state index in [-0.39, 0.29) is 24.2 Å². The first-order valence-electron chi connectivity index (χ1n) is 8.58. The van der Waals surface area contributed by atoms with Gasteiger partial charge in [-0.05, 0) is 53.4 Å². The smallest absolute Gasteiger partial charge is 0.410 e. The number of amides is 2. The van der Waals surface area contributed by atoms with Gasteiger partial charge in [0.25, 0.3) is 0 Å². The number of ether oxygens (including phenoxy) is 2. The van der Waals surface area contributed by atoms with Crippen molar-refractivity contribution in [3.8, 4) is 0 Å². The van der Waals surface area contributed by atoms with Gasteiger partial charge in [0.1, 0.15) is 12.2 Å². The summed E-state index contributed by atoms with van der Waals surface area (Å²) in [6.07, 6.45) is 3.36. The van der Waals surface area contributed by atoms with E-state index >= 15 is 0 Å². The van der Waals surface area contributed by atoms with Crippen LogP contribution >= 0.6 is 0 Å². The van der Waals surface area contributed by atoms with Crippen molar-refractivity contribution in [3.63, 3.8) is 0 Å². The van der Waals surface area contributed by atoms with Gasteiger partial charge in [0.2, 0.25) is 5.91 Å². The molecule has 0 saturated carbocycles. The van der Waals surface area contributed by atoms with Gasteiger partial charge in [-0.25, -0.2) is 4.79 Å². The molecule has 0 aromatic carbocycles. The zero-order valence-corrected chi connectivity index (χ0v) is 14.9. The first kappa shape index (κ1) is 18.0. The first-order chi connectivity index (χ1) is 10.7. The molecule has 2 aliphatic heterocycles. The highest BCUT2D eigenvalue weighted by molar-refractivity contribution is 5.77. The van der Waals surface area contributed by atoms with Crippen molar-refractivity contribution in [2.24, 2.45) is 0 Å². The molecule has 0 aromatic heterocycles. The molecule has 0 N–H and O–H groups in total. The zero-order chi connectivity index (χ0) is 17.1. The van der Waals surface area contributed by atoms with Crippen molar-refractivity contribution in [1.82, 2.24) is 9.80 Å². The maximum Gasteiger partial charge on any atom is 0.410 e. The van der Waals surface area contributed by atoms with Gasteiger partial charge < -0.3 is 19.3 Å². The Bertz CT molecular complexity index is 430. The fourth-order valence-corrected chi connectivity index (χ4v) is 2.93. The number of rotatable bonds is 3. The van der Waals surface area contributed by atoms with Gasteiger partial charge in [-0.2, -0.15) is 0 Å². The summed E-state index contributed by atoms with van der Waals surface area (Å²) in [7, 11) is 0. The van der Waals surface area contributed by atoms with E-state index in [0.29, 0.717) is 13.1 Å². The van der Waals surface area contributed by atoms with Gasteiger partial charge in [0, 0.05) is 26.2 Å². The summed E-state index contributed by atoms with van der Waals surface area (Å²) >= 11 is 0. The Balaban J connectivity index is 1.75. The second kappa shape index (κ2) is 7.07. The average Bonchev–Trinajstić information content (AvgIpc) is 2.98. The lowest BCUT2D eigenvalue weighted by molar-refractivity contribution is -0.144. The fraction of sp³-hybridized carbons (Fsp3) is 0.882. The predicted octanol–water partition coefficient (Wildman–Crippen LogP) is 2.42. The first-order valence-corrected chi connectivity index (χ1v) is 8.58. The SMILES string of the molecule is CC(C)(C)OC(=O)N1CCC(C)(OCC(=O)N2CCCC2)CC1. The van der Waals surface area contributed by atoms with Crippen molar-refractivity contribution >= 4 is 12.0 Å². The molecule has 0 unspecified atom stereocenters. The summed E-state index contributed by atoms with van der Waals surface area (Å²) in [5.41, 5.74) is -0.815. The Morgan fingerprint density at radius 3 is 2.09 bits per heavy atom. The van der Waals surface area contributed by atoms with Gasteiger partial charge in [-0.15, -0.1) is 0 Å². The van der Waals surface area contributed by atoms with Crippen LogP contribution in [-0.4, -0.2) is 65.8 Å². The molecule has 132 valence electrons. The van der Waals surface area contributed by atoms with Crippen molar-refractivity contribution in [3.05, 3.63) is 0 Å². The maximum absolute atomic E-state index is 12.1. The quantitative estimate of drug-likeness (QED) is 0.799. The zero-order valence-electron chi connectivity index (χ0n) is 14.9. The van der Waals surface area contributed by atoms with Crippen LogP contribution in [0.3, 0.4) is 0 Å². The maximum atomic E-state index is 12.1. The molecule has 2 heterocycles. The molecule has 0 aromatic rings. The van der Waals surface area contributed by atoms with E-state index in [0.717, 1.165) is 38.8 Å². The average molecular weight is 326 g/mol. The monoisotopic (exact) mass is 326 g/mol. The van der Waals surface area contributed by atoms with Crippen molar-refractivity contribution in [1.29, 1.82) is 0 Å². The number of nitrogens with zero attached hydrogens (tertiary/aromatic N) is 2. The predicted molar refractivity (Wildman–Crippen MR) is 87.2 cm³/mol. The summed E-state index contributed by atoms with van der Waals surface area (Å²) in [5.74, 6) is 0.0818. The number of likely N-dealkylation sites (tertiary alicyclic amines) is 2. The molecule has 2 aliphatic rings. The van der Waals surface area contributed by atoms with E-state index in [9.17, 15) is 9.59 Å². The Kier molecular flexibility index (Phi) is 5.55. The molecule has 0 atom stereocenters. The van der Waals surface area contributed by atoms with Gasteiger partial charge in [0.15, 0.2) is 0 Å². The number of hydrogen-bond acceptors (Lipinski definition) is 4. The van der Waals surface area contributed by atoms with Crippen LogP contribution in [0.5, 0.6) is 0 Å². The highest BCUT2D eigenvalue weighted by atomic mass is 16.6. The second-order valence-electron chi connectivity index (χ2n) is 7.79. The molecule has 23 heavy (non-hydrogen) atoms. The minimum atomic E-state index is -0.476. The summed E-state index contributed by atoms with van der Waals surface area (Å²) in [6.45, 7) is 10.7. The minimum absolute atomic E-state index is 0.0818. The van der Waals surface area contributed by atoms with E-state index < -0.39 is 5.60 Å². The Morgan fingerprint density at radius 2 is 1.57 bits per heavy atom. The van der Waals surface area contributed by atoms with Crippen LogP contribution in [0.4, 0.5) is 4.79 Å². The number of hydrogen-bond donors (Lipinski definition) is 0. The van der Waals surface area contributed by atoms with Gasteiger partial charge >= 0.3 is 6.09 Å². The summed E-state index contributed by atoms with van der Waals surface area (Å²) < 4.78 is 11.3. The third-order valence-corrected chi connectivity index (χ3v) is 4.48. The Labute approximate surface area is 139 Å². The highest BCUT2D eigenvalue weighted by Gasteiger charge is 2.35. The molecule has 2 fully saturated rings. The molecule has 6 heteroatoms. The molecular weight excluding hydrogens is 296 g/mol. The van der Waals surface area contributed by atoms with Crippen LogP contribution in [0.1, 0.15) is 53.4 Å². The van der Waals surface area contributed by atoms with Crippen molar-refractivity contribution in [2.75, 3.05) is 32.8 Å². The standard InChI is InChI=1S/C17H30N2O4/c1-16(2,3)23-15(21)19-11-7-17(4,8-12-19)22-13-14(20)18-9-5-6-10-18/h5-13H2,1-4H3. The topological polar surface area (TPSA) is 59.1 Å². The van der Waals surface area contributed by atoms with Gasteiger partial charge in [0.05, 0.1) is 5.60 Å². The lowest BCUT2D eigenvalue weighted by atomic mass is 9.93. The van der Waals surface area contributed by atoms with Crippen LogP contribution in [0.25, 0.3) is 0 Å². The fourth-order valence-electron chi connectivity index (χ4n) is 2.93. The third-order valence-electron chi connectivity index (χ3n) is 4.48. The molecule has 2 rings (SSSR count). The summed E-state index contributed by atoms with van der Waals surface area (Å²) in [5, 5.41) is 0. The normalized spacial score (nSPS) is 21.4. The van der Waals surface area contributed by atoms with E-state index in [1.165, 1.54) is 0 Å². The molecule has 2 saturated heterocycles. The largest absolute Gasteiger partial charge is 0.444 e. The molecular formula is C17H30N2O4. The number of carbonyl (C=O) groups is 2. The highest BCUT2D eigenvalue weighted by Crippen LogP contribution is 2.27. The molecule has 0 aliphatic carbocycles. The summed E-state index contributed by atoms with van der Waals surface area (Å²) in [4.78, 5) is 27.7. The van der Waals surface area contributed by atoms with Gasteiger partial charge in [-0.1, -0.05) is 0 Å². The van der Waals surface area contributed by atoms with E-state index in [2.05, 4.69) is 0 Å². The molecule has 0 bridgehead atoms. The number of piperidine rings is 1. The van der Waals surface area contributed by atoms with Crippen molar-refractivity contribution < 1.29 is 19.1 Å². The lowest BCUT2D eigenvalue weighted by Gasteiger charge is -2.39. The van der Waals surface area contributed by atoms with Gasteiger partial charge in [-0.3, -0.25) is 4.79 Å². The molecule has 2 amide bonds. The van der Waals surface area contributed by atoms with Crippen LogP contribution in [-0.2, 0) is 14.3 Å². The Hall–Kier alpha value is -1.30. The molecule has 0 radical (unpaired) electrons. The molecule has 0 spiro atoms. The number of carbonyl (C=O) groups excluding carboxylic acids is 2. The molecule has 6 nitrogen and oxygen atoms in total. The van der Waals surface area contributed by atoms with Crippen LogP contribution in [0.15, 0.2) is 0 Å². The van der Waals surface area contributed by atoms with E-state index in [1.807, 2.05) is 32.6 Å². The summed E-state index contributed by atoms with van der Waals surface area (Å²) in [6, 6.07) is 0. The van der Waals surface area contributed by atoms with Crippen molar-refractivity contribution in [2.45, 2.75) is 64.6 Å². The van der Waals surface area contributed by atoms with E-state index in [1.54, 1.807) is 4.90 Å².